The second kappa shape index (κ2) is 10.1. The van der Waals surface area contributed by atoms with Gasteiger partial charge in [0.05, 0.1) is 12.2 Å². The first-order valence-corrected chi connectivity index (χ1v) is 12.8. The molecule has 2 aromatic rings. The lowest BCUT2D eigenvalue weighted by Gasteiger charge is -2.47. The smallest absolute Gasteiger partial charge is 0.253 e. The van der Waals surface area contributed by atoms with Crippen molar-refractivity contribution in [2.75, 3.05) is 18.4 Å². The SMILES string of the molecule is NCc1cccc(C2CCN(C(=O)c3cccc(NC(=O)[C@H]4CC5CCC4[C@@H](O)[C@H]5O)c3)CC2)c1. The van der Waals surface area contributed by atoms with Crippen LogP contribution in [0.4, 0.5) is 5.69 Å². The molecular weight excluding hydrogens is 442 g/mol. The van der Waals surface area contributed by atoms with Gasteiger partial charge in [0.1, 0.15) is 0 Å². The van der Waals surface area contributed by atoms with Crippen molar-refractivity contribution < 1.29 is 19.8 Å². The molecule has 1 heterocycles. The number of benzene rings is 2. The van der Waals surface area contributed by atoms with Crippen LogP contribution >= 0.6 is 0 Å². The van der Waals surface area contributed by atoms with Crippen molar-refractivity contribution >= 4 is 17.5 Å². The van der Waals surface area contributed by atoms with Gasteiger partial charge in [-0.25, -0.2) is 0 Å². The zero-order valence-corrected chi connectivity index (χ0v) is 20.0. The average molecular weight is 478 g/mol. The van der Waals surface area contributed by atoms with E-state index in [-0.39, 0.29) is 29.6 Å². The Bertz CT molecular complexity index is 1080. The van der Waals surface area contributed by atoms with Crippen LogP contribution in [-0.4, -0.2) is 52.2 Å². The van der Waals surface area contributed by atoms with Crippen LogP contribution in [0.3, 0.4) is 0 Å². The zero-order valence-electron chi connectivity index (χ0n) is 20.0. The molecule has 0 aromatic heterocycles. The fourth-order valence-corrected chi connectivity index (χ4v) is 6.32. The van der Waals surface area contributed by atoms with E-state index in [0.717, 1.165) is 31.2 Å². The number of hydrogen-bond donors (Lipinski definition) is 4. The van der Waals surface area contributed by atoms with E-state index in [0.29, 0.717) is 43.2 Å². The third-order valence-corrected chi connectivity index (χ3v) is 8.37. The second-order valence-corrected chi connectivity index (χ2v) is 10.4. The lowest BCUT2D eigenvalue weighted by molar-refractivity contribution is -0.150. The van der Waals surface area contributed by atoms with E-state index in [2.05, 4.69) is 23.5 Å². The Hall–Kier alpha value is -2.74. The molecule has 0 spiro atoms. The van der Waals surface area contributed by atoms with Gasteiger partial charge in [0.2, 0.25) is 5.91 Å². The van der Waals surface area contributed by atoms with E-state index in [1.165, 1.54) is 5.56 Å². The first-order valence-electron chi connectivity index (χ1n) is 12.8. The number of nitrogens with one attached hydrogen (secondary N) is 1. The van der Waals surface area contributed by atoms with Crippen molar-refractivity contribution in [3.05, 3.63) is 65.2 Å². The standard InChI is InChI=1S/C28H35N3O4/c29-16-17-3-1-4-19(13-17)18-9-11-31(12-10-18)28(35)21-5-2-6-22(14-21)30-27(34)24-15-20-7-8-23(24)26(33)25(20)32/h1-6,13-14,18,20,23-26,32-33H,7-12,15-16,29H2,(H,30,34)/t20?,23?,24-,25-,26+/m0/s1. The fraction of sp³-hybridized carbons (Fsp3) is 0.500. The summed E-state index contributed by atoms with van der Waals surface area (Å²) in [6, 6.07) is 15.5. The molecule has 2 aromatic carbocycles. The number of aliphatic hydroxyl groups excluding tert-OH is 2. The molecule has 35 heavy (non-hydrogen) atoms. The van der Waals surface area contributed by atoms with Crippen LogP contribution in [0.25, 0.3) is 0 Å². The Morgan fingerprint density at radius 3 is 2.49 bits per heavy atom. The van der Waals surface area contributed by atoms with Gasteiger partial charge in [-0.3, -0.25) is 9.59 Å². The zero-order chi connectivity index (χ0) is 24.5. The van der Waals surface area contributed by atoms with Crippen LogP contribution in [0.5, 0.6) is 0 Å². The van der Waals surface area contributed by atoms with Crippen molar-refractivity contribution in [2.45, 2.75) is 56.8 Å². The van der Waals surface area contributed by atoms with Crippen LogP contribution in [0, 0.1) is 17.8 Å². The van der Waals surface area contributed by atoms with Crippen LogP contribution in [-0.2, 0) is 11.3 Å². The summed E-state index contributed by atoms with van der Waals surface area (Å²) in [5, 5.41) is 23.5. The summed E-state index contributed by atoms with van der Waals surface area (Å²) in [4.78, 5) is 28.1. The number of carbonyl (C=O) groups is 2. The summed E-state index contributed by atoms with van der Waals surface area (Å²) in [7, 11) is 0. The third kappa shape index (κ3) is 4.85. The number of aliphatic hydroxyl groups is 2. The Morgan fingerprint density at radius 1 is 0.971 bits per heavy atom. The molecule has 2 bridgehead atoms. The maximum absolute atomic E-state index is 13.2. The molecule has 5 atom stereocenters. The minimum atomic E-state index is -0.841. The Kier molecular flexibility index (Phi) is 6.91. The van der Waals surface area contributed by atoms with E-state index < -0.39 is 12.2 Å². The van der Waals surface area contributed by atoms with Crippen molar-refractivity contribution in [1.82, 2.24) is 4.90 Å². The summed E-state index contributed by atoms with van der Waals surface area (Å²) in [6.07, 6.45) is 2.46. The monoisotopic (exact) mass is 477 g/mol. The molecule has 3 saturated carbocycles. The summed E-state index contributed by atoms with van der Waals surface area (Å²) < 4.78 is 0. The fourth-order valence-electron chi connectivity index (χ4n) is 6.32. The number of nitrogens with zero attached hydrogens (tertiary/aromatic N) is 1. The van der Waals surface area contributed by atoms with Crippen molar-refractivity contribution in [1.29, 1.82) is 0 Å². The lowest BCUT2D eigenvalue weighted by atomic mass is 9.61. The van der Waals surface area contributed by atoms with Crippen LogP contribution in [0.2, 0.25) is 0 Å². The van der Waals surface area contributed by atoms with Gasteiger partial charge in [-0.15, -0.1) is 0 Å². The quantitative estimate of drug-likeness (QED) is 0.529. The molecule has 1 saturated heterocycles. The van der Waals surface area contributed by atoms with E-state index in [9.17, 15) is 19.8 Å². The number of amides is 2. The predicted molar refractivity (Wildman–Crippen MR) is 134 cm³/mol. The van der Waals surface area contributed by atoms with Gasteiger partial charge in [0.15, 0.2) is 0 Å². The first kappa shape index (κ1) is 24.0. The summed E-state index contributed by atoms with van der Waals surface area (Å²) in [5.41, 5.74) is 9.36. The topological polar surface area (TPSA) is 116 Å². The van der Waals surface area contributed by atoms with E-state index >= 15 is 0 Å². The maximum atomic E-state index is 13.2. The molecule has 2 unspecified atom stereocenters. The molecule has 7 nitrogen and oxygen atoms in total. The highest BCUT2D eigenvalue weighted by atomic mass is 16.3. The number of nitrogens with two attached hydrogens (primary N) is 1. The highest BCUT2D eigenvalue weighted by molar-refractivity contribution is 5.98. The molecule has 4 aliphatic rings. The van der Waals surface area contributed by atoms with Crippen LogP contribution in [0.15, 0.2) is 48.5 Å². The van der Waals surface area contributed by atoms with Gasteiger partial charge < -0.3 is 26.2 Å². The van der Waals surface area contributed by atoms with Crippen molar-refractivity contribution in [3.8, 4) is 0 Å². The molecular formula is C28H35N3O4. The Balaban J connectivity index is 1.20. The first-order chi connectivity index (χ1) is 16.9. The Labute approximate surface area is 206 Å². The second-order valence-electron chi connectivity index (χ2n) is 10.4. The number of carbonyl (C=O) groups excluding carboxylic acids is 2. The molecule has 1 aliphatic heterocycles. The predicted octanol–water partition coefficient (Wildman–Crippen LogP) is 2.87. The van der Waals surface area contributed by atoms with Gasteiger partial charge in [-0.05, 0) is 79.2 Å². The third-order valence-electron chi connectivity index (χ3n) is 8.37. The molecule has 2 amide bonds. The van der Waals surface area contributed by atoms with E-state index in [4.69, 9.17) is 5.73 Å². The van der Waals surface area contributed by atoms with Crippen LogP contribution < -0.4 is 11.1 Å². The molecule has 0 radical (unpaired) electrons. The van der Waals surface area contributed by atoms with Gasteiger partial charge >= 0.3 is 0 Å². The summed E-state index contributed by atoms with van der Waals surface area (Å²) in [5.74, 6) is -0.300. The van der Waals surface area contributed by atoms with E-state index in [1.807, 2.05) is 11.0 Å². The molecule has 4 fully saturated rings. The molecule has 5 N–H and O–H groups in total. The van der Waals surface area contributed by atoms with Crippen molar-refractivity contribution in [2.24, 2.45) is 23.5 Å². The molecule has 6 rings (SSSR count). The average Bonchev–Trinajstić information content (AvgIpc) is 2.91. The van der Waals surface area contributed by atoms with Gasteiger partial charge in [0, 0.05) is 36.8 Å². The lowest BCUT2D eigenvalue weighted by Crippen LogP contribution is -2.54. The van der Waals surface area contributed by atoms with E-state index in [1.54, 1.807) is 24.3 Å². The number of rotatable bonds is 5. The Morgan fingerprint density at radius 2 is 1.74 bits per heavy atom. The van der Waals surface area contributed by atoms with Gasteiger partial charge in [-0.2, -0.15) is 0 Å². The minimum absolute atomic E-state index is 0.0227. The number of hydrogen-bond acceptors (Lipinski definition) is 5. The number of piperidine rings is 1. The molecule has 3 aliphatic carbocycles. The van der Waals surface area contributed by atoms with Gasteiger partial charge in [0.25, 0.3) is 5.91 Å². The summed E-state index contributed by atoms with van der Waals surface area (Å²) >= 11 is 0. The normalized spacial score (nSPS) is 28.7. The van der Waals surface area contributed by atoms with Crippen molar-refractivity contribution in [3.63, 3.8) is 0 Å². The number of fused-ring (bicyclic) bond motifs is 3. The maximum Gasteiger partial charge on any atom is 0.253 e. The number of likely N-dealkylation sites (tertiary alicyclic amines) is 1. The van der Waals surface area contributed by atoms with Gasteiger partial charge in [-0.1, -0.05) is 30.3 Å². The largest absolute Gasteiger partial charge is 0.390 e. The van der Waals surface area contributed by atoms with Crippen LogP contribution in [0.1, 0.15) is 59.5 Å². The number of anilines is 1. The minimum Gasteiger partial charge on any atom is -0.390 e. The highest BCUT2D eigenvalue weighted by Crippen LogP contribution is 2.45. The molecule has 186 valence electrons. The molecule has 7 heteroatoms. The summed E-state index contributed by atoms with van der Waals surface area (Å²) in [6.45, 7) is 1.92. The highest BCUT2D eigenvalue weighted by Gasteiger charge is 2.49.